The van der Waals surface area contributed by atoms with E-state index in [4.69, 9.17) is 16.9 Å². The molecular formula is C20H20ClN3O. The third-order valence-electron chi connectivity index (χ3n) is 3.79. The lowest BCUT2D eigenvalue weighted by Gasteiger charge is -2.21. The highest BCUT2D eigenvalue weighted by Gasteiger charge is 2.06. The van der Waals surface area contributed by atoms with Crippen LogP contribution in [0.2, 0.25) is 5.02 Å². The first-order valence-corrected chi connectivity index (χ1v) is 8.49. The number of amides is 1. The Morgan fingerprint density at radius 2 is 2.00 bits per heavy atom. The summed E-state index contributed by atoms with van der Waals surface area (Å²) in [7, 11) is 0. The van der Waals surface area contributed by atoms with Gasteiger partial charge in [-0.3, -0.25) is 4.79 Å². The minimum Gasteiger partial charge on any atom is -0.372 e. The highest BCUT2D eigenvalue weighted by molar-refractivity contribution is 6.31. The van der Waals surface area contributed by atoms with Crippen LogP contribution in [0.5, 0.6) is 0 Å². The highest BCUT2D eigenvalue weighted by Crippen LogP contribution is 2.21. The molecule has 0 saturated heterocycles. The average Bonchev–Trinajstić information content (AvgIpc) is 2.62. The smallest absolute Gasteiger partial charge is 0.248 e. The van der Waals surface area contributed by atoms with E-state index in [9.17, 15) is 4.79 Å². The summed E-state index contributed by atoms with van der Waals surface area (Å²) in [4.78, 5) is 14.4. The van der Waals surface area contributed by atoms with Crippen LogP contribution in [0, 0.1) is 11.3 Å². The van der Waals surface area contributed by atoms with Gasteiger partial charge in [-0.05, 0) is 55.8 Å². The maximum Gasteiger partial charge on any atom is 0.248 e. The molecule has 2 rings (SSSR count). The summed E-state index contributed by atoms with van der Waals surface area (Å²) in [6.45, 7) is 6.07. The topological polar surface area (TPSA) is 56.1 Å². The van der Waals surface area contributed by atoms with Crippen LogP contribution < -0.4 is 10.2 Å². The predicted molar refractivity (Wildman–Crippen MR) is 104 cm³/mol. The molecule has 0 aliphatic heterocycles. The molecule has 4 nitrogen and oxygen atoms in total. The molecule has 128 valence electrons. The van der Waals surface area contributed by atoms with Crippen molar-refractivity contribution in [2.24, 2.45) is 0 Å². The quantitative estimate of drug-likeness (QED) is 0.765. The second-order valence-electron chi connectivity index (χ2n) is 5.39. The van der Waals surface area contributed by atoms with Gasteiger partial charge in [-0.1, -0.05) is 23.7 Å². The second-order valence-corrected chi connectivity index (χ2v) is 5.83. The SMILES string of the molecule is CCN(CC)c1cccc(/C=C/C(=O)Nc2cc(Cl)ccc2C#N)c1. The van der Waals surface area contributed by atoms with E-state index in [1.807, 2.05) is 24.3 Å². The van der Waals surface area contributed by atoms with Gasteiger partial charge in [0, 0.05) is 29.9 Å². The Bertz CT molecular complexity index is 820. The van der Waals surface area contributed by atoms with Crippen molar-refractivity contribution in [1.29, 1.82) is 5.26 Å². The molecule has 0 radical (unpaired) electrons. The molecule has 0 bridgehead atoms. The Balaban J connectivity index is 2.12. The maximum absolute atomic E-state index is 12.1. The van der Waals surface area contributed by atoms with Crippen LogP contribution in [-0.4, -0.2) is 19.0 Å². The van der Waals surface area contributed by atoms with E-state index in [-0.39, 0.29) is 5.91 Å². The minimum atomic E-state index is -0.313. The number of benzene rings is 2. The molecule has 0 unspecified atom stereocenters. The van der Waals surface area contributed by atoms with Gasteiger partial charge < -0.3 is 10.2 Å². The second kappa shape index (κ2) is 8.91. The summed E-state index contributed by atoms with van der Waals surface area (Å²) in [6, 6.07) is 14.8. The van der Waals surface area contributed by atoms with Crippen molar-refractivity contribution in [3.8, 4) is 6.07 Å². The van der Waals surface area contributed by atoms with Crippen LogP contribution in [0.4, 0.5) is 11.4 Å². The first-order valence-electron chi connectivity index (χ1n) is 8.11. The summed E-state index contributed by atoms with van der Waals surface area (Å²) in [6.07, 6.45) is 3.20. The number of hydrogen-bond acceptors (Lipinski definition) is 3. The minimum absolute atomic E-state index is 0.313. The molecule has 5 heteroatoms. The highest BCUT2D eigenvalue weighted by atomic mass is 35.5. The molecule has 25 heavy (non-hydrogen) atoms. The molecule has 0 spiro atoms. The maximum atomic E-state index is 12.1. The zero-order valence-corrected chi connectivity index (χ0v) is 15.0. The van der Waals surface area contributed by atoms with E-state index >= 15 is 0 Å². The van der Waals surface area contributed by atoms with E-state index in [1.165, 1.54) is 6.08 Å². The molecule has 2 aromatic carbocycles. The van der Waals surface area contributed by atoms with Crippen LogP contribution in [0.15, 0.2) is 48.5 Å². The number of halogens is 1. The summed E-state index contributed by atoms with van der Waals surface area (Å²) < 4.78 is 0. The molecule has 2 aromatic rings. The molecule has 0 saturated carbocycles. The number of rotatable bonds is 6. The zero-order chi connectivity index (χ0) is 18.2. The number of carbonyl (C=O) groups excluding carboxylic acids is 1. The summed E-state index contributed by atoms with van der Waals surface area (Å²) in [5.74, 6) is -0.313. The normalized spacial score (nSPS) is 10.5. The van der Waals surface area contributed by atoms with Crippen LogP contribution in [0.1, 0.15) is 25.0 Å². The van der Waals surface area contributed by atoms with Gasteiger partial charge in [0.2, 0.25) is 5.91 Å². The molecule has 0 heterocycles. The number of nitrogens with zero attached hydrogens (tertiary/aromatic N) is 2. The van der Waals surface area contributed by atoms with Gasteiger partial charge in [0.1, 0.15) is 6.07 Å². The van der Waals surface area contributed by atoms with Gasteiger partial charge in [0.15, 0.2) is 0 Å². The van der Waals surface area contributed by atoms with Crippen LogP contribution in [-0.2, 0) is 4.79 Å². The van der Waals surface area contributed by atoms with Crippen molar-refractivity contribution in [2.45, 2.75) is 13.8 Å². The van der Waals surface area contributed by atoms with Crippen LogP contribution >= 0.6 is 11.6 Å². The van der Waals surface area contributed by atoms with Crippen molar-refractivity contribution >= 4 is 35.0 Å². The number of carbonyl (C=O) groups is 1. The number of hydrogen-bond donors (Lipinski definition) is 1. The van der Waals surface area contributed by atoms with Crippen molar-refractivity contribution in [1.82, 2.24) is 0 Å². The number of nitrogens with one attached hydrogen (secondary N) is 1. The van der Waals surface area contributed by atoms with Crippen molar-refractivity contribution in [2.75, 3.05) is 23.3 Å². The Hall–Kier alpha value is -2.77. The predicted octanol–water partition coefficient (Wildman–Crippen LogP) is 4.71. The standard InChI is InChI=1S/C20H20ClN3O/c1-3-24(4-2)18-7-5-6-15(12-18)8-11-20(25)23-19-13-17(21)10-9-16(19)14-22/h5-13H,3-4H2,1-2H3,(H,23,25)/b11-8+. The van der Waals surface area contributed by atoms with Gasteiger partial charge >= 0.3 is 0 Å². The van der Waals surface area contributed by atoms with Gasteiger partial charge in [-0.2, -0.15) is 5.26 Å². The third kappa shape index (κ3) is 5.10. The first kappa shape index (κ1) is 18.6. The first-order chi connectivity index (χ1) is 12.1. The fourth-order valence-electron chi connectivity index (χ4n) is 2.48. The summed E-state index contributed by atoms with van der Waals surface area (Å²) in [5.41, 5.74) is 2.83. The molecule has 1 amide bonds. The Kier molecular flexibility index (Phi) is 6.62. The average molecular weight is 354 g/mol. The molecule has 1 N–H and O–H groups in total. The Morgan fingerprint density at radius 1 is 1.24 bits per heavy atom. The lowest BCUT2D eigenvalue weighted by Crippen LogP contribution is -2.21. The Labute approximate surface area is 153 Å². The zero-order valence-electron chi connectivity index (χ0n) is 14.3. The molecule has 0 aliphatic carbocycles. The summed E-state index contributed by atoms with van der Waals surface area (Å²) in [5, 5.41) is 12.2. The third-order valence-corrected chi connectivity index (χ3v) is 4.02. The lowest BCUT2D eigenvalue weighted by atomic mass is 10.1. The fourth-order valence-corrected chi connectivity index (χ4v) is 2.65. The fraction of sp³-hybridized carbons (Fsp3) is 0.200. The number of nitriles is 1. The van der Waals surface area contributed by atoms with E-state index < -0.39 is 0 Å². The van der Waals surface area contributed by atoms with Gasteiger partial charge in [0.25, 0.3) is 0 Å². The largest absolute Gasteiger partial charge is 0.372 e. The van der Waals surface area contributed by atoms with E-state index in [0.717, 1.165) is 24.3 Å². The van der Waals surface area contributed by atoms with Crippen molar-refractivity contribution in [3.63, 3.8) is 0 Å². The van der Waals surface area contributed by atoms with E-state index in [2.05, 4.69) is 30.1 Å². The van der Waals surface area contributed by atoms with E-state index in [1.54, 1.807) is 24.3 Å². The van der Waals surface area contributed by atoms with Gasteiger partial charge in [-0.25, -0.2) is 0 Å². The monoisotopic (exact) mass is 353 g/mol. The molecule has 0 atom stereocenters. The van der Waals surface area contributed by atoms with Crippen LogP contribution in [0.25, 0.3) is 6.08 Å². The van der Waals surface area contributed by atoms with Crippen molar-refractivity contribution < 1.29 is 4.79 Å². The molecule has 0 aromatic heterocycles. The summed E-state index contributed by atoms with van der Waals surface area (Å²) >= 11 is 5.92. The lowest BCUT2D eigenvalue weighted by molar-refractivity contribution is -0.111. The number of anilines is 2. The van der Waals surface area contributed by atoms with Gasteiger partial charge in [-0.15, -0.1) is 0 Å². The molecule has 0 aliphatic rings. The van der Waals surface area contributed by atoms with Crippen molar-refractivity contribution in [3.05, 3.63) is 64.7 Å². The Morgan fingerprint density at radius 3 is 2.68 bits per heavy atom. The van der Waals surface area contributed by atoms with Crippen LogP contribution in [0.3, 0.4) is 0 Å². The molecular weight excluding hydrogens is 334 g/mol. The molecule has 0 fully saturated rings. The van der Waals surface area contributed by atoms with Gasteiger partial charge in [0.05, 0.1) is 11.3 Å². The van der Waals surface area contributed by atoms with E-state index in [0.29, 0.717) is 16.3 Å².